The average Bonchev–Trinajstić information content (AvgIpc) is 2.33. The van der Waals surface area contributed by atoms with E-state index in [0.717, 1.165) is 36.9 Å². The number of hydrogen-bond donors (Lipinski definition) is 1. The first kappa shape index (κ1) is 13.5. The lowest BCUT2D eigenvalue weighted by atomic mass is 10.3. The predicted octanol–water partition coefficient (Wildman–Crippen LogP) is 2.32. The van der Waals surface area contributed by atoms with Gasteiger partial charge in [-0.2, -0.15) is 0 Å². The fraction of sp³-hybridized carbons (Fsp3) is 0.583. The van der Waals surface area contributed by atoms with Crippen molar-refractivity contribution in [3.8, 4) is 0 Å². The van der Waals surface area contributed by atoms with Crippen LogP contribution in [0.2, 0.25) is 0 Å². The van der Waals surface area contributed by atoms with Gasteiger partial charge in [0.15, 0.2) is 0 Å². The maximum Gasteiger partial charge on any atom is 0.0960 e. The third-order valence-electron chi connectivity index (χ3n) is 2.12. The van der Waals surface area contributed by atoms with Gasteiger partial charge in [0, 0.05) is 32.2 Å². The monoisotopic (exact) mass is 240 g/mol. The van der Waals surface area contributed by atoms with Crippen LogP contribution in [-0.2, 0) is 11.3 Å². The minimum Gasteiger partial charge on any atom is -0.385 e. The molecule has 0 aliphatic rings. The molecule has 0 unspecified atom stereocenters. The van der Waals surface area contributed by atoms with E-state index in [1.165, 1.54) is 5.56 Å². The molecule has 0 saturated heterocycles. The van der Waals surface area contributed by atoms with Crippen molar-refractivity contribution >= 4 is 11.8 Å². The molecule has 4 heteroatoms. The van der Waals surface area contributed by atoms with Crippen LogP contribution in [0.15, 0.2) is 23.4 Å². The number of nitrogens with zero attached hydrogens (tertiary/aromatic N) is 1. The van der Waals surface area contributed by atoms with E-state index in [4.69, 9.17) is 4.74 Å². The Kier molecular flexibility index (Phi) is 7.21. The summed E-state index contributed by atoms with van der Waals surface area (Å²) in [6.45, 7) is 4.82. The Hall–Kier alpha value is -0.580. The minimum atomic E-state index is 0.825. The van der Waals surface area contributed by atoms with Gasteiger partial charge >= 0.3 is 0 Å². The van der Waals surface area contributed by atoms with Gasteiger partial charge in [-0.3, -0.25) is 0 Å². The SMILES string of the molecule is CCNCc1ccc(SCCCOC)nc1. The topological polar surface area (TPSA) is 34.1 Å². The molecule has 1 rings (SSSR count). The van der Waals surface area contributed by atoms with E-state index >= 15 is 0 Å². The molecular formula is C12H20N2OS. The van der Waals surface area contributed by atoms with E-state index in [1.54, 1.807) is 18.9 Å². The van der Waals surface area contributed by atoms with Crippen molar-refractivity contribution in [2.24, 2.45) is 0 Å². The molecule has 16 heavy (non-hydrogen) atoms. The number of ether oxygens (including phenoxy) is 1. The van der Waals surface area contributed by atoms with Crippen LogP contribution in [0.3, 0.4) is 0 Å². The molecule has 0 atom stereocenters. The van der Waals surface area contributed by atoms with Crippen molar-refractivity contribution < 1.29 is 4.74 Å². The van der Waals surface area contributed by atoms with Crippen LogP contribution in [0, 0.1) is 0 Å². The molecule has 1 N–H and O–H groups in total. The smallest absolute Gasteiger partial charge is 0.0960 e. The second-order valence-corrected chi connectivity index (χ2v) is 4.60. The summed E-state index contributed by atoms with van der Waals surface area (Å²) in [4.78, 5) is 4.41. The Morgan fingerprint density at radius 2 is 2.31 bits per heavy atom. The summed E-state index contributed by atoms with van der Waals surface area (Å²) in [5.74, 6) is 1.06. The standard InChI is InChI=1S/C12H20N2OS/c1-3-13-9-11-5-6-12(14-10-11)16-8-4-7-15-2/h5-6,10,13H,3-4,7-9H2,1-2H3. The second-order valence-electron chi connectivity index (χ2n) is 3.48. The third kappa shape index (κ3) is 5.49. The molecule has 0 aliphatic heterocycles. The van der Waals surface area contributed by atoms with E-state index in [0.29, 0.717) is 0 Å². The normalized spacial score (nSPS) is 10.6. The highest BCUT2D eigenvalue weighted by molar-refractivity contribution is 7.99. The Bertz CT molecular complexity index is 277. The van der Waals surface area contributed by atoms with Crippen molar-refractivity contribution in [2.75, 3.05) is 26.0 Å². The number of thioether (sulfide) groups is 1. The quantitative estimate of drug-likeness (QED) is 0.558. The molecule has 0 aromatic carbocycles. The molecule has 1 heterocycles. The fourth-order valence-corrected chi connectivity index (χ4v) is 2.01. The van der Waals surface area contributed by atoms with Gasteiger partial charge in [-0.1, -0.05) is 13.0 Å². The summed E-state index contributed by atoms with van der Waals surface area (Å²) in [5, 5.41) is 4.37. The highest BCUT2D eigenvalue weighted by Crippen LogP contribution is 2.16. The zero-order chi connectivity index (χ0) is 11.6. The lowest BCUT2D eigenvalue weighted by Gasteiger charge is -2.03. The molecule has 90 valence electrons. The summed E-state index contributed by atoms with van der Waals surface area (Å²) in [5.41, 5.74) is 1.24. The van der Waals surface area contributed by atoms with E-state index in [9.17, 15) is 0 Å². The number of rotatable bonds is 8. The number of methoxy groups -OCH3 is 1. The molecule has 0 spiro atoms. The van der Waals surface area contributed by atoms with Crippen LogP contribution >= 0.6 is 11.8 Å². The Morgan fingerprint density at radius 1 is 1.44 bits per heavy atom. The summed E-state index contributed by atoms with van der Waals surface area (Å²) in [7, 11) is 1.73. The molecule has 0 amide bonds. The van der Waals surface area contributed by atoms with Crippen LogP contribution in [0.1, 0.15) is 18.9 Å². The molecule has 1 aromatic heterocycles. The molecule has 0 aliphatic carbocycles. The number of pyridine rings is 1. The number of nitrogens with one attached hydrogen (secondary N) is 1. The average molecular weight is 240 g/mol. The first-order valence-corrected chi connectivity index (χ1v) is 6.62. The first-order valence-electron chi connectivity index (χ1n) is 5.64. The van der Waals surface area contributed by atoms with Crippen molar-refractivity contribution in [2.45, 2.75) is 24.9 Å². The maximum absolute atomic E-state index is 5.00. The van der Waals surface area contributed by atoms with Crippen LogP contribution in [0.5, 0.6) is 0 Å². The summed E-state index contributed by atoms with van der Waals surface area (Å²) in [6.07, 6.45) is 3.02. The highest BCUT2D eigenvalue weighted by atomic mass is 32.2. The van der Waals surface area contributed by atoms with E-state index < -0.39 is 0 Å². The molecule has 3 nitrogen and oxygen atoms in total. The van der Waals surface area contributed by atoms with Gasteiger partial charge in [-0.25, -0.2) is 4.98 Å². The Morgan fingerprint density at radius 3 is 2.94 bits per heavy atom. The summed E-state index contributed by atoms with van der Waals surface area (Å²) >= 11 is 1.78. The Labute approximate surface area is 102 Å². The van der Waals surface area contributed by atoms with Crippen molar-refractivity contribution in [1.82, 2.24) is 10.3 Å². The maximum atomic E-state index is 5.00. The summed E-state index contributed by atoms with van der Waals surface area (Å²) in [6, 6.07) is 4.22. The largest absolute Gasteiger partial charge is 0.385 e. The van der Waals surface area contributed by atoms with E-state index in [2.05, 4.69) is 29.4 Å². The molecule has 0 saturated carbocycles. The van der Waals surface area contributed by atoms with Gasteiger partial charge in [0.2, 0.25) is 0 Å². The zero-order valence-electron chi connectivity index (χ0n) is 10.0. The number of aromatic nitrogens is 1. The predicted molar refractivity (Wildman–Crippen MR) is 68.8 cm³/mol. The van der Waals surface area contributed by atoms with Crippen molar-refractivity contribution in [1.29, 1.82) is 0 Å². The molecule has 0 bridgehead atoms. The molecule has 0 fully saturated rings. The van der Waals surface area contributed by atoms with Gasteiger partial charge < -0.3 is 10.1 Å². The highest BCUT2D eigenvalue weighted by Gasteiger charge is 1.96. The van der Waals surface area contributed by atoms with Crippen LogP contribution in [-0.4, -0.2) is 31.0 Å². The van der Waals surface area contributed by atoms with Gasteiger partial charge in [-0.15, -0.1) is 11.8 Å². The van der Waals surface area contributed by atoms with Gasteiger partial charge in [0.05, 0.1) is 5.03 Å². The first-order chi connectivity index (χ1) is 7.86. The van der Waals surface area contributed by atoms with E-state index in [1.807, 2.05) is 6.20 Å². The lowest BCUT2D eigenvalue weighted by molar-refractivity contribution is 0.200. The Balaban J connectivity index is 2.27. The third-order valence-corrected chi connectivity index (χ3v) is 3.15. The van der Waals surface area contributed by atoms with Gasteiger partial charge in [0.25, 0.3) is 0 Å². The lowest BCUT2D eigenvalue weighted by Crippen LogP contribution is -2.11. The van der Waals surface area contributed by atoms with Gasteiger partial charge in [0.1, 0.15) is 0 Å². The van der Waals surface area contributed by atoms with Crippen LogP contribution in [0.4, 0.5) is 0 Å². The van der Waals surface area contributed by atoms with Crippen molar-refractivity contribution in [3.05, 3.63) is 23.9 Å². The van der Waals surface area contributed by atoms with Crippen LogP contribution < -0.4 is 5.32 Å². The van der Waals surface area contributed by atoms with Crippen molar-refractivity contribution in [3.63, 3.8) is 0 Å². The zero-order valence-corrected chi connectivity index (χ0v) is 10.8. The molecule has 1 aromatic rings. The fourth-order valence-electron chi connectivity index (χ4n) is 1.25. The number of hydrogen-bond acceptors (Lipinski definition) is 4. The minimum absolute atomic E-state index is 0.825. The molecular weight excluding hydrogens is 220 g/mol. The van der Waals surface area contributed by atoms with E-state index in [-0.39, 0.29) is 0 Å². The van der Waals surface area contributed by atoms with Crippen LogP contribution in [0.25, 0.3) is 0 Å². The molecule has 0 radical (unpaired) electrons. The van der Waals surface area contributed by atoms with Gasteiger partial charge in [-0.05, 0) is 24.6 Å². The second kappa shape index (κ2) is 8.56. The summed E-state index contributed by atoms with van der Waals surface area (Å²) < 4.78 is 5.00.